The van der Waals surface area contributed by atoms with Crippen LogP contribution in [0, 0.1) is 4.91 Å². The molecular formula is C8H14N2O4. The molecule has 1 aliphatic heterocycles. The fourth-order valence-corrected chi connectivity index (χ4v) is 1.53. The number of amides is 1. The Hall–Kier alpha value is -1.17. The molecule has 1 heterocycles. The van der Waals surface area contributed by atoms with E-state index in [-0.39, 0.29) is 19.3 Å². The van der Waals surface area contributed by atoms with Gasteiger partial charge in [-0.05, 0) is 24.9 Å². The minimum Gasteiger partial charge on any atom is -0.447 e. The van der Waals surface area contributed by atoms with Gasteiger partial charge < -0.3 is 9.84 Å². The van der Waals surface area contributed by atoms with Crippen LogP contribution in [0.15, 0.2) is 5.18 Å². The van der Waals surface area contributed by atoms with E-state index in [2.05, 4.69) is 5.18 Å². The second-order valence-electron chi connectivity index (χ2n) is 3.24. The second-order valence-corrected chi connectivity index (χ2v) is 3.24. The molecule has 1 amide bonds. The van der Waals surface area contributed by atoms with E-state index >= 15 is 0 Å². The molecule has 0 saturated carbocycles. The summed E-state index contributed by atoms with van der Waals surface area (Å²) in [6.45, 7) is 1.89. The standard InChI is InChI=1S/C8H14N2O4/c1-6(9-13)10-7(3-2-4-11)5-14-8(10)12/h6-7,11H,2-5H2,1H3. The summed E-state index contributed by atoms with van der Waals surface area (Å²) in [6.07, 6.45) is 0.0135. The summed E-state index contributed by atoms with van der Waals surface area (Å²) in [5, 5.41) is 11.4. The monoisotopic (exact) mass is 202 g/mol. The number of hydrogen-bond acceptors (Lipinski definition) is 5. The molecule has 0 aliphatic carbocycles. The summed E-state index contributed by atoms with van der Waals surface area (Å²) < 4.78 is 4.80. The molecule has 1 aliphatic rings. The molecule has 2 atom stereocenters. The lowest BCUT2D eigenvalue weighted by molar-refractivity contribution is 0.146. The van der Waals surface area contributed by atoms with Crippen LogP contribution >= 0.6 is 0 Å². The number of nitroso groups, excluding NO2 is 1. The Morgan fingerprint density at radius 1 is 1.79 bits per heavy atom. The fourth-order valence-electron chi connectivity index (χ4n) is 1.53. The van der Waals surface area contributed by atoms with Crippen molar-refractivity contribution in [3.8, 4) is 0 Å². The normalized spacial score (nSPS) is 23.4. The van der Waals surface area contributed by atoms with Gasteiger partial charge >= 0.3 is 6.09 Å². The summed E-state index contributed by atoms with van der Waals surface area (Å²) in [5.74, 6) is 0. The highest BCUT2D eigenvalue weighted by atomic mass is 16.6. The second kappa shape index (κ2) is 4.90. The van der Waals surface area contributed by atoms with Crippen LogP contribution in [-0.2, 0) is 4.74 Å². The van der Waals surface area contributed by atoms with E-state index in [9.17, 15) is 9.70 Å². The van der Waals surface area contributed by atoms with E-state index in [1.807, 2.05) is 0 Å². The van der Waals surface area contributed by atoms with Crippen molar-refractivity contribution in [2.45, 2.75) is 32.0 Å². The van der Waals surface area contributed by atoms with Gasteiger partial charge in [0.15, 0.2) is 6.17 Å². The van der Waals surface area contributed by atoms with E-state index in [1.54, 1.807) is 6.92 Å². The molecule has 1 fully saturated rings. The van der Waals surface area contributed by atoms with Gasteiger partial charge in [-0.15, -0.1) is 4.91 Å². The van der Waals surface area contributed by atoms with Crippen LogP contribution in [-0.4, -0.2) is 41.5 Å². The van der Waals surface area contributed by atoms with Crippen LogP contribution in [0.5, 0.6) is 0 Å². The van der Waals surface area contributed by atoms with Crippen molar-refractivity contribution in [2.24, 2.45) is 5.18 Å². The molecule has 1 saturated heterocycles. The molecule has 80 valence electrons. The number of nitrogens with zero attached hydrogens (tertiary/aromatic N) is 2. The van der Waals surface area contributed by atoms with Crippen LogP contribution in [0.2, 0.25) is 0 Å². The lowest BCUT2D eigenvalue weighted by Crippen LogP contribution is -2.39. The van der Waals surface area contributed by atoms with Gasteiger partial charge in [-0.25, -0.2) is 4.79 Å². The van der Waals surface area contributed by atoms with Gasteiger partial charge in [-0.3, -0.25) is 4.90 Å². The Labute approximate surface area is 81.8 Å². The van der Waals surface area contributed by atoms with E-state index in [0.29, 0.717) is 12.8 Å². The summed E-state index contributed by atoms with van der Waals surface area (Å²) in [6, 6.07) is -0.137. The first-order valence-electron chi connectivity index (χ1n) is 4.59. The maximum absolute atomic E-state index is 11.2. The lowest BCUT2D eigenvalue weighted by atomic mass is 10.1. The highest BCUT2D eigenvalue weighted by Gasteiger charge is 2.36. The highest BCUT2D eigenvalue weighted by Crippen LogP contribution is 2.20. The number of ether oxygens (including phenoxy) is 1. The first-order chi connectivity index (χ1) is 6.70. The van der Waals surface area contributed by atoms with Gasteiger partial charge in [0.05, 0.1) is 6.04 Å². The first-order valence-corrected chi connectivity index (χ1v) is 4.59. The molecule has 0 aromatic rings. The third-order valence-corrected chi connectivity index (χ3v) is 2.25. The van der Waals surface area contributed by atoms with Gasteiger partial charge in [-0.1, -0.05) is 0 Å². The van der Waals surface area contributed by atoms with Crippen molar-refractivity contribution in [1.82, 2.24) is 4.90 Å². The van der Waals surface area contributed by atoms with Gasteiger partial charge in [0.2, 0.25) is 0 Å². The van der Waals surface area contributed by atoms with Crippen molar-refractivity contribution in [2.75, 3.05) is 13.2 Å². The predicted octanol–water partition coefficient (Wildman–Crippen LogP) is 0.692. The Morgan fingerprint density at radius 2 is 2.50 bits per heavy atom. The van der Waals surface area contributed by atoms with Crippen LogP contribution in [0.1, 0.15) is 19.8 Å². The number of aliphatic hydroxyl groups is 1. The molecule has 0 bridgehead atoms. The Balaban J connectivity index is 2.57. The van der Waals surface area contributed by atoms with Crippen molar-refractivity contribution in [1.29, 1.82) is 0 Å². The summed E-state index contributed by atoms with van der Waals surface area (Å²) in [4.78, 5) is 22.8. The van der Waals surface area contributed by atoms with Gasteiger partial charge in [-0.2, -0.15) is 0 Å². The zero-order valence-electron chi connectivity index (χ0n) is 8.05. The van der Waals surface area contributed by atoms with Crippen molar-refractivity contribution < 1.29 is 14.6 Å². The largest absolute Gasteiger partial charge is 0.447 e. The number of carbonyl (C=O) groups is 1. The van der Waals surface area contributed by atoms with Crippen LogP contribution < -0.4 is 0 Å². The Bertz CT molecular complexity index is 221. The molecule has 1 rings (SSSR count). The molecule has 2 unspecified atom stereocenters. The SMILES string of the molecule is CC(N=O)N1C(=O)OCC1CCCO. The highest BCUT2D eigenvalue weighted by molar-refractivity contribution is 5.70. The minimum absolute atomic E-state index is 0.0709. The van der Waals surface area contributed by atoms with Crippen LogP contribution in [0.25, 0.3) is 0 Å². The Kier molecular flexibility index (Phi) is 3.82. The van der Waals surface area contributed by atoms with Crippen LogP contribution in [0.4, 0.5) is 4.79 Å². The van der Waals surface area contributed by atoms with Gasteiger partial charge in [0, 0.05) is 6.61 Å². The molecule has 0 aromatic heterocycles. The maximum Gasteiger partial charge on any atom is 0.412 e. The molecule has 6 heteroatoms. The van der Waals surface area contributed by atoms with E-state index in [4.69, 9.17) is 9.84 Å². The fraction of sp³-hybridized carbons (Fsp3) is 0.875. The number of hydrogen-bond donors (Lipinski definition) is 1. The zero-order chi connectivity index (χ0) is 10.6. The van der Waals surface area contributed by atoms with E-state index < -0.39 is 12.3 Å². The summed E-state index contributed by atoms with van der Waals surface area (Å²) in [5.41, 5.74) is 0. The average Bonchev–Trinajstić information content (AvgIpc) is 2.55. The third kappa shape index (κ3) is 2.20. The van der Waals surface area contributed by atoms with E-state index in [1.165, 1.54) is 4.90 Å². The molecule has 0 radical (unpaired) electrons. The molecular weight excluding hydrogens is 188 g/mol. The minimum atomic E-state index is -0.700. The molecule has 14 heavy (non-hydrogen) atoms. The maximum atomic E-state index is 11.2. The number of aliphatic hydroxyl groups excluding tert-OH is 1. The zero-order valence-corrected chi connectivity index (χ0v) is 8.05. The van der Waals surface area contributed by atoms with Crippen LogP contribution in [0.3, 0.4) is 0 Å². The molecule has 6 nitrogen and oxygen atoms in total. The summed E-state index contributed by atoms with van der Waals surface area (Å²) >= 11 is 0. The first kappa shape index (κ1) is 10.9. The average molecular weight is 202 g/mol. The van der Waals surface area contributed by atoms with Gasteiger partial charge in [0.1, 0.15) is 6.61 Å². The van der Waals surface area contributed by atoms with Crippen molar-refractivity contribution in [3.63, 3.8) is 0 Å². The molecule has 1 N–H and O–H groups in total. The molecule has 0 aromatic carbocycles. The topological polar surface area (TPSA) is 79.2 Å². The van der Waals surface area contributed by atoms with Gasteiger partial charge in [0.25, 0.3) is 0 Å². The van der Waals surface area contributed by atoms with Crippen molar-refractivity contribution >= 4 is 6.09 Å². The lowest BCUT2D eigenvalue weighted by Gasteiger charge is -2.22. The quantitative estimate of drug-likeness (QED) is 0.665. The summed E-state index contributed by atoms with van der Waals surface area (Å²) in [7, 11) is 0. The Morgan fingerprint density at radius 3 is 3.07 bits per heavy atom. The number of cyclic esters (lactones) is 1. The van der Waals surface area contributed by atoms with Crippen molar-refractivity contribution in [3.05, 3.63) is 4.91 Å². The molecule has 0 spiro atoms. The third-order valence-electron chi connectivity index (χ3n) is 2.25. The smallest absolute Gasteiger partial charge is 0.412 e. The number of rotatable bonds is 5. The van der Waals surface area contributed by atoms with E-state index in [0.717, 1.165) is 0 Å². The predicted molar refractivity (Wildman–Crippen MR) is 48.6 cm³/mol. The number of carbonyl (C=O) groups excluding carboxylic acids is 1.